The van der Waals surface area contributed by atoms with Crippen molar-refractivity contribution in [3.8, 4) is 5.82 Å². The molecule has 16 heavy (non-hydrogen) atoms. The highest BCUT2D eigenvalue weighted by Gasteiger charge is 2.11. The van der Waals surface area contributed by atoms with Gasteiger partial charge in [0.05, 0.1) is 28.0 Å². The molecule has 0 bridgehead atoms. The number of hydrogen-bond donors (Lipinski definition) is 1. The molecule has 2 aromatic heterocycles. The summed E-state index contributed by atoms with van der Waals surface area (Å²) in [4.78, 5) is 14.8. The van der Waals surface area contributed by atoms with Gasteiger partial charge in [-0.25, -0.2) is 14.5 Å². The van der Waals surface area contributed by atoms with Crippen LogP contribution in [-0.2, 0) is 0 Å². The monoisotopic (exact) mass is 257 g/mol. The first-order chi connectivity index (χ1) is 7.58. The average molecular weight is 258 g/mol. The largest absolute Gasteiger partial charge is 0.478 e. The van der Waals surface area contributed by atoms with Crippen molar-refractivity contribution in [2.24, 2.45) is 0 Å². The molecule has 0 saturated heterocycles. The zero-order chi connectivity index (χ0) is 11.7. The molecule has 0 fully saturated rings. The van der Waals surface area contributed by atoms with Crippen LogP contribution in [0.15, 0.2) is 24.7 Å². The van der Waals surface area contributed by atoms with Gasteiger partial charge in [-0.1, -0.05) is 23.2 Å². The van der Waals surface area contributed by atoms with Gasteiger partial charge in [0.1, 0.15) is 0 Å². The molecule has 82 valence electrons. The van der Waals surface area contributed by atoms with E-state index in [0.717, 1.165) is 0 Å². The third-order valence-corrected chi connectivity index (χ3v) is 2.35. The van der Waals surface area contributed by atoms with Crippen LogP contribution in [0, 0.1) is 0 Å². The zero-order valence-corrected chi connectivity index (χ0v) is 9.27. The molecular formula is C9H5Cl2N3O2. The minimum absolute atomic E-state index is 0.0294. The molecule has 2 rings (SSSR count). The number of carbonyl (C=O) groups is 1. The molecule has 0 aliphatic heterocycles. The summed E-state index contributed by atoms with van der Waals surface area (Å²) in [6.07, 6.45) is 4.21. The lowest BCUT2D eigenvalue weighted by atomic mass is 10.2. The van der Waals surface area contributed by atoms with E-state index in [2.05, 4.69) is 10.1 Å². The molecule has 0 unspecified atom stereocenters. The third-order valence-electron chi connectivity index (χ3n) is 1.86. The minimum Gasteiger partial charge on any atom is -0.478 e. The van der Waals surface area contributed by atoms with Gasteiger partial charge in [0, 0.05) is 6.20 Å². The number of carboxylic acids is 1. The van der Waals surface area contributed by atoms with Gasteiger partial charge in [-0.2, -0.15) is 5.10 Å². The Morgan fingerprint density at radius 3 is 2.69 bits per heavy atom. The Bertz CT molecular complexity index is 553. The molecule has 5 nitrogen and oxygen atoms in total. The van der Waals surface area contributed by atoms with E-state index in [0.29, 0.717) is 10.8 Å². The molecule has 0 saturated carbocycles. The van der Waals surface area contributed by atoms with Gasteiger partial charge in [-0.3, -0.25) is 0 Å². The van der Waals surface area contributed by atoms with Gasteiger partial charge in [0.2, 0.25) is 0 Å². The molecule has 2 aromatic rings. The maximum Gasteiger partial charge on any atom is 0.337 e. The van der Waals surface area contributed by atoms with Crippen LogP contribution in [0.2, 0.25) is 10.0 Å². The topological polar surface area (TPSA) is 68.0 Å². The summed E-state index contributed by atoms with van der Waals surface area (Å²) >= 11 is 11.4. The van der Waals surface area contributed by atoms with E-state index in [4.69, 9.17) is 28.3 Å². The molecule has 2 heterocycles. The zero-order valence-electron chi connectivity index (χ0n) is 7.76. The number of carboxylic acid groups (broad SMARTS) is 1. The number of aromatic nitrogens is 3. The van der Waals surface area contributed by atoms with Gasteiger partial charge in [-0.05, 0) is 6.07 Å². The number of pyridine rings is 1. The van der Waals surface area contributed by atoms with E-state index < -0.39 is 5.97 Å². The van der Waals surface area contributed by atoms with Crippen molar-refractivity contribution < 1.29 is 9.90 Å². The Morgan fingerprint density at radius 1 is 1.38 bits per heavy atom. The van der Waals surface area contributed by atoms with Crippen molar-refractivity contribution >= 4 is 29.2 Å². The Morgan fingerprint density at radius 2 is 2.12 bits per heavy atom. The van der Waals surface area contributed by atoms with Crippen molar-refractivity contribution in [2.45, 2.75) is 0 Å². The molecule has 0 radical (unpaired) electrons. The fourth-order valence-corrected chi connectivity index (χ4v) is 1.46. The Balaban J connectivity index is 2.51. The molecular weight excluding hydrogens is 253 g/mol. The Hall–Kier alpha value is -1.59. The number of halogens is 2. The van der Waals surface area contributed by atoms with E-state index in [1.165, 1.54) is 29.3 Å². The van der Waals surface area contributed by atoms with Crippen molar-refractivity contribution in [1.82, 2.24) is 14.8 Å². The fourth-order valence-electron chi connectivity index (χ4n) is 1.14. The first-order valence-corrected chi connectivity index (χ1v) is 4.93. The van der Waals surface area contributed by atoms with E-state index in [1.807, 2.05) is 0 Å². The van der Waals surface area contributed by atoms with Crippen LogP contribution in [0.5, 0.6) is 0 Å². The van der Waals surface area contributed by atoms with Crippen LogP contribution >= 0.6 is 23.2 Å². The molecule has 0 atom stereocenters. The molecule has 0 aliphatic rings. The first-order valence-electron chi connectivity index (χ1n) is 4.17. The first kappa shape index (κ1) is 10.9. The smallest absolute Gasteiger partial charge is 0.337 e. The van der Waals surface area contributed by atoms with E-state index >= 15 is 0 Å². The van der Waals surface area contributed by atoms with Crippen LogP contribution in [0.25, 0.3) is 5.82 Å². The normalized spacial score (nSPS) is 10.4. The van der Waals surface area contributed by atoms with Gasteiger partial charge in [0.25, 0.3) is 0 Å². The Labute approximate surface area is 100 Å². The lowest BCUT2D eigenvalue weighted by Gasteiger charge is -2.02. The molecule has 0 aliphatic carbocycles. The van der Waals surface area contributed by atoms with Crippen LogP contribution in [0.1, 0.15) is 10.4 Å². The predicted octanol–water partition coefficient (Wildman–Crippen LogP) is 2.27. The van der Waals surface area contributed by atoms with Crippen molar-refractivity contribution in [1.29, 1.82) is 0 Å². The summed E-state index contributed by atoms with van der Waals surface area (Å²) < 4.78 is 1.37. The summed E-state index contributed by atoms with van der Waals surface area (Å²) in [5, 5.41) is 13.3. The lowest BCUT2D eigenvalue weighted by molar-refractivity contribution is 0.0697. The number of aromatic carboxylic acids is 1. The molecule has 1 N–H and O–H groups in total. The van der Waals surface area contributed by atoms with Gasteiger partial charge in [-0.15, -0.1) is 0 Å². The average Bonchev–Trinajstić information content (AvgIpc) is 2.65. The number of hydrogen-bond acceptors (Lipinski definition) is 3. The van der Waals surface area contributed by atoms with Crippen molar-refractivity contribution in [3.05, 3.63) is 40.3 Å². The standard InChI is InChI=1S/C9H5Cl2N3O2/c10-5-2-13-14(4-5)8-1-6(9(15)16)7(11)3-12-8/h1-4H,(H,15,16). The number of nitrogens with zero attached hydrogens (tertiary/aromatic N) is 3. The fraction of sp³-hybridized carbons (Fsp3) is 0. The molecule has 0 amide bonds. The summed E-state index contributed by atoms with van der Waals surface area (Å²) in [6, 6.07) is 1.33. The molecule has 0 aromatic carbocycles. The summed E-state index contributed by atoms with van der Waals surface area (Å²) in [5.74, 6) is -0.777. The predicted molar refractivity (Wildman–Crippen MR) is 58.3 cm³/mol. The maximum absolute atomic E-state index is 10.8. The van der Waals surface area contributed by atoms with Crippen LogP contribution in [0.4, 0.5) is 0 Å². The van der Waals surface area contributed by atoms with E-state index in [-0.39, 0.29) is 10.6 Å². The highest BCUT2D eigenvalue weighted by Crippen LogP contribution is 2.18. The minimum atomic E-state index is -1.12. The highest BCUT2D eigenvalue weighted by molar-refractivity contribution is 6.33. The van der Waals surface area contributed by atoms with E-state index in [1.54, 1.807) is 0 Å². The Kier molecular flexibility index (Phi) is 2.80. The van der Waals surface area contributed by atoms with E-state index in [9.17, 15) is 4.79 Å². The van der Waals surface area contributed by atoms with Crippen LogP contribution in [-0.4, -0.2) is 25.8 Å². The highest BCUT2D eigenvalue weighted by atomic mass is 35.5. The quantitative estimate of drug-likeness (QED) is 0.897. The summed E-state index contributed by atoms with van der Waals surface area (Å²) in [5.41, 5.74) is -0.0294. The van der Waals surface area contributed by atoms with Gasteiger partial charge >= 0.3 is 5.97 Å². The van der Waals surface area contributed by atoms with Crippen molar-refractivity contribution in [2.75, 3.05) is 0 Å². The second kappa shape index (κ2) is 4.11. The van der Waals surface area contributed by atoms with Gasteiger partial charge < -0.3 is 5.11 Å². The summed E-state index contributed by atoms with van der Waals surface area (Å²) in [6.45, 7) is 0. The molecule has 0 spiro atoms. The second-order valence-corrected chi connectivity index (χ2v) is 3.77. The van der Waals surface area contributed by atoms with Gasteiger partial charge in [0.15, 0.2) is 5.82 Å². The maximum atomic E-state index is 10.8. The molecule has 7 heteroatoms. The third kappa shape index (κ3) is 2.00. The number of rotatable bonds is 2. The second-order valence-electron chi connectivity index (χ2n) is 2.93. The lowest BCUT2D eigenvalue weighted by Crippen LogP contribution is -2.03. The van der Waals surface area contributed by atoms with Crippen LogP contribution < -0.4 is 0 Å². The van der Waals surface area contributed by atoms with Crippen molar-refractivity contribution in [3.63, 3.8) is 0 Å². The van der Waals surface area contributed by atoms with Crippen LogP contribution in [0.3, 0.4) is 0 Å². The summed E-state index contributed by atoms with van der Waals surface area (Å²) in [7, 11) is 0. The SMILES string of the molecule is O=C(O)c1cc(-n2cc(Cl)cn2)ncc1Cl.